The summed E-state index contributed by atoms with van der Waals surface area (Å²) in [6.07, 6.45) is 3.04. The number of alkyl halides is 1. The van der Waals surface area contributed by atoms with Crippen LogP contribution in [0.4, 0.5) is 21.5 Å². The van der Waals surface area contributed by atoms with Gasteiger partial charge in [-0.1, -0.05) is 18.2 Å². The minimum atomic E-state index is -3.47. The second kappa shape index (κ2) is 11.2. The molecule has 1 aliphatic heterocycles. The quantitative estimate of drug-likeness (QED) is 0.524. The third kappa shape index (κ3) is 6.11. The minimum Gasteiger partial charge on any atom is -0.382 e. The van der Waals surface area contributed by atoms with Crippen LogP contribution in [0.5, 0.6) is 0 Å². The predicted octanol–water partition coefficient (Wildman–Crippen LogP) is 4.40. The summed E-state index contributed by atoms with van der Waals surface area (Å²) in [5.41, 5.74) is 2.25. The Morgan fingerprint density at radius 3 is 2.35 bits per heavy atom. The molecular formula is C24H31FN4O4S. The summed E-state index contributed by atoms with van der Waals surface area (Å²) in [5, 5.41) is 6.21. The summed E-state index contributed by atoms with van der Waals surface area (Å²) in [7, 11) is -3.47. The molecule has 0 spiro atoms. The van der Waals surface area contributed by atoms with E-state index in [0.29, 0.717) is 26.2 Å². The van der Waals surface area contributed by atoms with Gasteiger partial charge in [-0.05, 0) is 61.2 Å². The molecule has 2 aliphatic rings. The third-order valence-electron chi connectivity index (χ3n) is 6.57. The lowest BCUT2D eigenvalue weighted by atomic mass is 9.92. The number of rotatable bonds is 9. The molecule has 0 unspecified atom stereocenters. The number of halogens is 1. The van der Waals surface area contributed by atoms with Crippen molar-refractivity contribution in [2.75, 3.05) is 42.3 Å². The Kier molecular flexibility index (Phi) is 8.12. The van der Waals surface area contributed by atoms with Crippen molar-refractivity contribution in [3.05, 3.63) is 59.0 Å². The van der Waals surface area contributed by atoms with Gasteiger partial charge in [0.15, 0.2) is 5.94 Å². The Balaban J connectivity index is 1.20. The van der Waals surface area contributed by atoms with Crippen molar-refractivity contribution in [3.63, 3.8) is 0 Å². The summed E-state index contributed by atoms with van der Waals surface area (Å²) in [6.45, 7) is 1.49. The zero-order valence-corrected chi connectivity index (χ0v) is 19.9. The molecule has 0 aromatic heterocycles. The van der Waals surface area contributed by atoms with E-state index in [0.717, 1.165) is 37.1 Å². The Morgan fingerprint density at radius 1 is 1.00 bits per heavy atom. The van der Waals surface area contributed by atoms with Crippen molar-refractivity contribution >= 4 is 27.1 Å². The first-order chi connectivity index (χ1) is 16.5. The standard InChI is InChI=1S/C24H31FN4O4S/c25-17-19-16-21(8-11-24(19)27-30)26-20-6-9-23(10-7-20)33-18-34(31,32)29-14-12-28(13-15-29)22-4-2-1-3-5-22/h1-5,8,11,16,20,23,26H,6-7,9-10,12-15,17-18H2. The van der Waals surface area contributed by atoms with Gasteiger partial charge in [0.05, 0.1) is 6.10 Å². The van der Waals surface area contributed by atoms with E-state index in [1.807, 2.05) is 30.3 Å². The number of nitrogens with one attached hydrogen (secondary N) is 1. The van der Waals surface area contributed by atoms with Gasteiger partial charge in [0.2, 0.25) is 10.0 Å². The number of sulfonamides is 1. The van der Waals surface area contributed by atoms with Gasteiger partial charge in [0, 0.05) is 49.2 Å². The minimum absolute atomic E-state index is 0.0959. The molecule has 1 saturated heterocycles. The summed E-state index contributed by atoms with van der Waals surface area (Å²) < 4.78 is 46.0. The molecule has 0 bridgehead atoms. The van der Waals surface area contributed by atoms with Crippen LogP contribution in [0, 0.1) is 4.91 Å². The van der Waals surface area contributed by atoms with Crippen LogP contribution in [0.3, 0.4) is 0 Å². The summed E-state index contributed by atoms with van der Waals surface area (Å²) in [5.74, 6) is -0.291. The molecule has 34 heavy (non-hydrogen) atoms. The maximum Gasteiger partial charge on any atom is 0.238 e. The highest BCUT2D eigenvalue weighted by Crippen LogP contribution is 2.28. The lowest BCUT2D eigenvalue weighted by Gasteiger charge is -2.36. The zero-order chi connectivity index (χ0) is 24.0. The van der Waals surface area contributed by atoms with Gasteiger partial charge in [0.1, 0.15) is 12.4 Å². The van der Waals surface area contributed by atoms with E-state index >= 15 is 0 Å². The molecule has 8 nitrogen and oxygen atoms in total. The second-order valence-corrected chi connectivity index (χ2v) is 10.7. The summed E-state index contributed by atoms with van der Waals surface area (Å²) >= 11 is 0. The molecule has 0 amide bonds. The van der Waals surface area contributed by atoms with Gasteiger partial charge in [-0.3, -0.25) is 0 Å². The number of para-hydroxylation sites is 1. The molecule has 2 fully saturated rings. The van der Waals surface area contributed by atoms with Crippen LogP contribution in [0.25, 0.3) is 0 Å². The Bertz CT molecular complexity index is 1050. The van der Waals surface area contributed by atoms with E-state index in [9.17, 15) is 17.7 Å². The molecule has 2 aromatic rings. The van der Waals surface area contributed by atoms with Crippen LogP contribution >= 0.6 is 0 Å². The van der Waals surface area contributed by atoms with Crippen molar-refractivity contribution in [2.45, 2.75) is 44.5 Å². The molecule has 1 aliphatic carbocycles. The van der Waals surface area contributed by atoms with Crippen LogP contribution in [-0.2, 0) is 21.4 Å². The predicted molar refractivity (Wildman–Crippen MR) is 131 cm³/mol. The largest absolute Gasteiger partial charge is 0.382 e. The van der Waals surface area contributed by atoms with E-state index in [4.69, 9.17) is 4.74 Å². The van der Waals surface area contributed by atoms with Gasteiger partial charge < -0.3 is 15.0 Å². The van der Waals surface area contributed by atoms with Crippen molar-refractivity contribution in [3.8, 4) is 0 Å². The lowest BCUT2D eigenvalue weighted by molar-refractivity contribution is 0.0522. The normalized spacial score (nSPS) is 21.9. The molecule has 10 heteroatoms. The van der Waals surface area contributed by atoms with Crippen molar-refractivity contribution < 1.29 is 17.5 Å². The fraction of sp³-hybridized carbons (Fsp3) is 0.500. The first kappa shape index (κ1) is 24.6. The van der Waals surface area contributed by atoms with Crippen LogP contribution in [0.2, 0.25) is 0 Å². The molecule has 1 saturated carbocycles. The highest BCUT2D eigenvalue weighted by molar-refractivity contribution is 7.88. The Labute approximate surface area is 200 Å². The number of piperazine rings is 1. The van der Waals surface area contributed by atoms with Crippen molar-refractivity contribution in [2.24, 2.45) is 5.18 Å². The number of nitrogens with zero attached hydrogens (tertiary/aromatic N) is 3. The van der Waals surface area contributed by atoms with E-state index in [1.165, 1.54) is 10.4 Å². The van der Waals surface area contributed by atoms with Gasteiger partial charge >= 0.3 is 0 Å². The van der Waals surface area contributed by atoms with E-state index in [-0.39, 0.29) is 29.3 Å². The van der Waals surface area contributed by atoms with Crippen molar-refractivity contribution in [1.29, 1.82) is 0 Å². The highest BCUT2D eigenvalue weighted by atomic mass is 32.2. The Morgan fingerprint density at radius 2 is 1.71 bits per heavy atom. The highest BCUT2D eigenvalue weighted by Gasteiger charge is 2.29. The first-order valence-corrected chi connectivity index (χ1v) is 13.3. The molecular weight excluding hydrogens is 459 g/mol. The van der Waals surface area contributed by atoms with Crippen LogP contribution in [0.15, 0.2) is 53.7 Å². The van der Waals surface area contributed by atoms with Gasteiger partial charge in [-0.2, -0.15) is 4.31 Å². The van der Waals surface area contributed by atoms with Crippen molar-refractivity contribution in [1.82, 2.24) is 4.31 Å². The van der Waals surface area contributed by atoms with E-state index < -0.39 is 16.7 Å². The molecule has 1 heterocycles. The third-order valence-corrected chi connectivity index (χ3v) is 8.16. The molecule has 2 aromatic carbocycles. The smallest absolute Gasteiger partial charge is 0.238 e. The molecule has 0 radical (unpaired) electrons. The van der Waals surface area contributed by atoms with Gasteiger partial charge in [-0.25, -0.2) is 12.8 Å². The van der Waals surface area contributed by atoms with E-state index in [1.54, 1.807) is 12.1 Å². The number of benzene rings is 2. The van der Waals surface area contributed by atoms with Crippen LogP contribution in [-0.4, -0.2) is 57.0 Å². The number of ether oxygens (including phenoxy) is 1. The maximum atomic E-state index is 13.1. The fourth-order valence-corrected chi connectivity index (χ4v) is 5.83. The monoisotopic (exact) mass is 490 g/mol. The number of anilines is 2. The molecule has 4 rings (SSSR count). The Hall–Kier alpha value is -2.56. The number of hydrogen-bond donors (Lipinski definition) is 1. The summed E-state index contributed by atoms with van der Waals surface area (Å²) in [6, 6.07) is 15.1. The molecule has 184 valence electrons. The SMILES string of the molecule is O=Nc1ccc(NC2CCC(OCS(=O)(=O)N3CCN(c4ccccc4)CC3)CC2)cc1CF. The fourth-order valence-electron chi connectivity index (χ4n) is 4.60. The van der Waals surface area contributed by atoms with Gasteiger partial charge in [-0.15, -0.1) is 4.91 Å². The number of hydrogen-bond acceptors (Lipinski definition) is 7. The zero-order valence-electron chi connectivity index (χ0n) is 19.1. The van der Waals surface area contributed by atoms with Gasteiger partial charge in [0.25, 0.3) is 0 Å². The molecule has 0 atom stereocenters. The average Bonchev–Trinajstić information content (AvgIpc) is 2.89. The van der Waals surface area contributed by atoms with Crippen LogP contribution < -0.4 is 10.2 Å². The maximum absolute atomic E-state index is 13.1. The average molecular weight is 491 g/mol. The lowest BCUT2D eigenvalue weighted by Crippen LogP contribution is -2.49. The van der Waals surface area contributed by atoms with E-state index in [2.05, 4.69) is 15.4 Å². The second-order valence-electron chi connectivity index (χ2n) is 8.80. The first-order valence-electron chi connectivity index (χ1n) is 11.7. The number of nitroso groups, excluding NO2 is 1. The topological polar surface area (TPSA) is 91.3 Å². The van der Waals surface area contributed by atoms with Crippen LogP contribution in [0.1, 0.15) is 31.2 Å². The molecule has 1 N–H and O–H groups in total. The summed E-state index contributed by atoms with van der Waals surface area (Å²) in [4.78, 5) is 12.9.